The van der Waals surface area contributed by atoms with Crippen molar-refractivity contribution in [3.05, 3.63) is 152 Å². The van der Waals surface area contributed by atoms with Crippen LogP contribution in [0.5, 0.6) is 0 Å². The Labute approximate surface area is 251 Å². The van der Waals surface area contributed by atoms with E-state index in [1.165, 1.54) is 0 Å². The number of fused-ring (bicyclic) bond motifs is 2. The van der Waals surface area contributed by atoms with Crippen molar-refractivity contribution < 1.29 is 15.3 Å². The Balaban J connectivity index is 1.16. The summed E-state index contributed by atoms with van der Waals surface area (Å²) in [7, 11) is -3.78. The van der Waals surface area contributed by atoms with E-state index in [9.17, 15) is 8.42 Å². The van der Waals surface area contributed by atoms with Gasteiger partial charge in [0.15, 0.2) is 0 Å². The lowest BCUT2D eigenvalue weighted by molar-refractivity contribution is 0.594. The lowest BCUT2D eigenvalue weighted by Gasteiger charge is -2.23. The maximum atomic E-state index is 14.0. The highest BCUT2D eigenvalue weighted by atomic mass is 32.2. The molecule has 0 fully saturated rings. The highest BCUT2D eigenvalue weighted by Gasteiger charge is 2.33. The fraction of sp³-hybridized carbons (Fsp3) is 0. The molecule has 200 valence electrons. The average Bonchev–Trinajstić information content (AvgIpc) is 3.50. The molecule has 0 amide bonds. The third-order valence-electron chi connectivity index (χ3n) is 7.86. The molecule has 0 atom stereocenters. The van der Waals surface area contributed by atoms with Gasteiger partial charge in [-0.05, 0) is 63.2 Å². The molecule has 0 radical (unpaired) electrons. The molecule has 8 rings (SSSR count). The number of hydrogen-bond donors (Lipinski definition) is 0. The summed E-state index contributed by atoms with van der Waals surface area (Å²) in [6.07, 6.45) is 0. The molecular formula is C38H25NO2S. The van der Waals surface area contributed by atoms with Gasteiger partial charge in [0.25, 0.3) is 0 Å². The first-order valence-electron chi connectivity index (χ1n) is 16.0. The number of benzene rings is 6. The maximum Gasteiger partial charge on any atom is 0.210 e. The lowest BCUT2D eigenvalue weighted by atomic mass is 9.98. The largest absolute Gasteiger partial charge is 0.307 e. The van der Waals surface area contributed by atoms with Crippen LogP contribution in [-0.4, -0.2) is 13.0 Å². The van der Waals surface area contributed by atoms with Gasteiger partial charge in [0.2, 0.25) is 9.84 Å². The Morgan fingerprint density at radius 1 is 0.500 bits per heavy atom. The quantitative estimate of drug-likeness (QED) is 0.214. The van der Waals surface area contributed by atoms with Gasteiger partial charge in [0.1, 0.15) is 0 Å². The van der Waals surface area contributed by atoms with Crippen LogP contribution >= 0.6 is 0 Å². The summed E-state index contributed by atoms with van der Waals surface area (Å²) in [5, 5.41) is 0.872. The highest BCUT2D eigenvalue weighted by molar-refractivity contribution is 7.92. The van der Waals surface area contributed by atoms with Crippen LogP contribution in [0.1, 0.15) is 6.85 Å². The van der Waals surface area contributed by atoms with Crippen LogP contribution in [0.4, 0.5) is 0 Å². The van der Waals surface area contributed by atoms with E-state index in [4.69, 9.17) is 6.85 Å². The first kappa shape index (κ1) is 19.8. The zero-order valence-electron chi connectivity index (χ0n) is 27.2. The van der Waals surface area contributed by atoms with Crippen LogP contribution in [-0.2, 0) is 9.84 Å². The van der Waals surface area contributed by atoms with E-state index in [1.54, 1.807) is 30.3 Å². The zero-order chi connectivity index (χ0) is 32.6. The second-order valence-corrected chi connectivity index (χ2v) is 12.2. The van der Waals surface area contributed by atoms with Crippen LogP contribution in [0.3, 0.4) is 0 Å². The van der Waals surface area contributed by atoms with Gasteiger partial charge in [-0.2, -0.15) is 0 Å². The Kier molecular flexibility index (Phi) is 4.45. The van der Waals surface area contributed by atoms with E-state index < -0.39 is 15.9 Å². The molecule has 0 saturated heterocycles. The molecule has 0 N–H and O–H groups in total. The van der Waals surface area contributed by atoms with Crippen molar-refractivity contribution in [1.29, 1.82) is 0 Å². The van der Waals surface area contributed by atoms with Gasteiger partial charge < -0.3 is 4.57 Å². The molecule has 42 heavy (non-hydrogen) atoms. The van der Waals surface area contributed by atoms with E-state index in [-0.39, 0.29) is 34.6 Å². The molecule has 1 aliphatic heterocycles. The van der Waals surface area contributed by atoms with Crippen molar-refractivity contribution in [2.24, 2.45) is 0 Å². The minimum absolute atomic E-state index is 0.166. The van der Waals surface area contributed by atoms with Crippen LogP contribution in [0.25, 0.3) is 61.2 Å². The van der Waals surface area contributed by atoms with Crippen molar-refractivity contribution in [1.82, 2.24) is 4.57 Å². The van der Waals surface area contributed by atoms with Gasteiger partial charge in [-0.25, -0.2) is 8.42 Å². The summed E-state index contributed by atoms with van der Waals surface area (Å²) in [6.45, 7) is 0. The Bertz CT molecular complexity index is 2480. The van der Waals surface area contributed by atoms with E-state index >= 15 is 0 Å². The molecule has 0 unspecified atom stereocenters. The van der Waals surface area contributed by atoms with Gasteiger partial charge in [-0.15, -0.1) is 0 Å². The number of sulfone groups is 1. The number of aromatic nitrogens is 1. The standard InChI is InChI=1S/C38H25NO2S/c40-42(41)36-13-7-12-33-24-35(31-10-5-2-6-11-31)39(38(33)36)34-23-22-32(25-37(34)42)30-20-18-29(19-21-30)28-16-14-27(15-17-28)26-8-3-1-4-9-26/h1-25H/i1D,3D,4D,8D,9D. The van der Waals surface area contributed by atoms with Gasteiger partial charge in [-0.3, -0.25) is 0 Å². The molecule has 7 aromatic rings. The van der Waals surface area contributed by atoms with Gasteiger partial charge >= 0.3 is 0 Å². The summed E-state index contributed by atoms with van der Waals surface area (Å²) >= 11 is 0. The smallest absolute Gasteiger partial charge is 0.210 e. The average molecular weight is 565 g/mol. The van der Waals surface area contributed by atoms with Crippen molar-refractivity contribution in [2.45, 2.75) is 9.79 Å². The number of nitrogens with zero attached hydrogens (tertiary/aromatic N) is 1. The van der Waals surface area contributed by atoms with Crippen LogP contribution in [0.2, 0.25) is 0 Å². The molecule has 4 heteroatoms. The molecule has 6 aromatic carbocycles. The van der Waals surface area contributed by atoms with E-state index in [0.717, 1.165) is 38.9 Å². The molecule has 1 aliphatic rings. The molecule has 3 nitrogen and oxygen atoms in total. The molecular weight excluding hydrogens is 534 g/mol. The Morgan fingerprint density at radius 2 is 1.10 bits per heavy atom. The third-order valence-corrected chi connectivity index (χ3v) is 9.68. The van der Waals surface area contributed by atoms with Crippen molar-refractivity contribution in [2.75, 3.05) is 0 Å². The van der Waals surface area contributed by atoms with E-state index in [1.807, 2.05) is 91.0 Å². The molecule has 0 aliphatic carbocycles. The fourth-order valence-electron chi connectivity index (χ4n) is 5.81. The predicted octanol–water partition coefficient (Wildman–Crippen LogP) is 9.44. The van der Waals surface area contributed by atoms with Crippen LogP contribution in [0, 0.1) is 0 Å². The van der Waals surface area contributed by atoms with Gasteiger partial charge in [-0.1, -0.05) is 127 Å². The molecule has 0 spiro atoms. The van der Waals surface area contributed by atoms with Crippen molar-refractivity contribution in [3.63, 3.8) is 0 Å². The number of rotatable bonds is 4. The predicted molar refractivity (Wildman–Crippen MR) is 170 cm³/mol. The summed E-state index contributed by atoms with van der Waals surface area (Å²) in [6, 6.07) is 36.5. The van der Waals surface area contributed by atoms with Crippen molar-refractivity contribution >= 4 is 20.7 Å². The molecule has 2 heterocycles. The zero-order valence-corrected chi connectivity index (χ0v) is 23.0. The molecule has 0 saturated carbocycles. The van der Waals surface area contributed by atoms with E-state index in [2.05, 4.69) is 4.57 Å². The maximum absolute atomic E-state index is 14.0. The number of hydrogen-bond acceptors (Lipinski definition) is 2. The number of para-hydroxylation sites is 1. The second-order valence-electron chi connectivity index (χ2n) is 10.3. The first-order chi connectivity index (χ1) is 22.6. The highest BCUT2D eigenvalue weighted by Crippen LogP contribution is 2.44. The lowest BCUT2D eigenvalue weighted by Crippen LogP contribution is -2.15. The van der Waals surface area contributed by atoms with Gasteiger partial charge in [0, 0.05) is 5.39 Å². The Hall–Kier alpha value is -5.19. The Morgan fingerprint density at radius 3 is 1.76 bits per heavy atom. The fourth-order valence-corrected chi connectivity index (χ4v) is 7.48. The monoisotopic (exact) mass is 564 g/mol. The van der Waals surface area contributed by atoms with Gasteiger partial charge in [0.05, 0.1) is 33.5 Å². The first-order valence-corrected chi connectivity index (χ1v) is 15.0. The minimum atomic E-state index is -3.78. The summed E-state index contributed by atoms with van der Waals surface area (Å²) in [5.74, 6) is 0. The summed E-state index contributed by atoms with van der Waals surface area (Å²) < 4.78 is 70.4. The summed E-state index contributed by atoms with van der Waals surface area (Å²) in [4.78, 5) is 0.555. The molecule has 0 bridgehead atoms. The van der Waals surface area contributed by atoms with Crippen LogP contribution in [0.15, 0.2) is 161 Å². The second kappa shape index (κ2) is 9.44. The van der Waals surface area contributed by atoms with Crippen LogP contribution < -0.4 is 0 Å². The topological polar surface area (TPSA) is 39.1 Å². The third kappa shape index (κ3) is 3.84. The summed E-state index contributed by atoms with van der Waals surface area (Å²) in [5.41, 5.74) is 7.40. The normalized spacial score (nSPS) is 14.8. The van der Waals surface area contributed by atoms with Crippen molar-refractivity contribution in [3.8, 4) is 50.3 Å². The van der Waals surface area contributed by atoms with E-state index in [0.29, 0.717) is 21.7 Å². The SMILES string of the molecule is [2H]c1c([2H])c([2H])c(-c2ccc(-c3ccc(-c4ccc5c(c4)S(=O)(=O)c4cccc6cc(-c7ccccc7)n-5c46)cc3)cc2)c([2H])c1[2H]. The minimum Gasteiger partial charge on any atom is -0.307 e. The molecule has 1 aromatic heterocycles.